The molecular weight excluding hydrogens is 1520 g/mol. The maximum absolute atomic E-state index is 6.36. The zero-order valence-electron chi connectivity index (χ0n) is 71.2. The van der Waals surface area contributed by atoms with Gasteiger partial charge in [0.1, 0.15) is 11.3 Å². The van der Waals surface area contributed by atoms with Crippen LogP contribution in [-0.4, -0.2) is 84.9 Å². The van der Waals surface area contributed by atoms with E-state index in [1.54, 1.807) is 0 Å². The smallest absolute Gasteiger partial charge is 0.165 e. The number of aromatic nitrogens is 8. The Bertz CT molecular complexity index is 4000. The number of hydrogen-bond donors (Lipinski definition) is 1. The summed E-state index contributed by atoms with van der Waals surface area (Å²) in [5.74, 6) is 11.4. The molecule has 2 aliphatic rings. The minimum atomic E-state index is 0.694. The molecule has 1 N–H and O–H groups in total. The van der Waals surface area contributed by atoms with Crippen molar-refractivity contribution in [3.05, 3.63) is 54.6 Å². The lowest BCUT2D eigenvalue weighted by Crippen LogP contribution is -1.97. The molecule has 7 aromatic rings. The van der Waals surface area contributed by atoms with Gasteiger partial charge in [0.25, 0.3) is 0 Å². The average Bonchev–Trinajstić information content (AvgIpc) is 1.49. The fourth-order valence-corrected chi connectivity index (χ4v) is 25.9. The van der Waals surface area contributed by atoms with Crippen molar-refractivity contribution in [1.29, 1.82) is 0 Å². The van der Waals surface area contributed by atoms with E-state index >= 15 is 0 Å². The van der Waals surface area contributed by atoms with Crippen molar-refractivity contribution in [1.82, 2.24) is 38.9 Å². The van der Waals surface area contributed by atoms with Gasteiger partial charge in [0.2, 0.25) is 0 Å². The number of nitrogens with zero attached hydrogens (tertiary/aromatic N) is 7. The van der Waals surface area contributed by atoms with Gasteiger partial charge in [-0.15, -0.1) is 82.3 Å². The molecule has 9 rings (SSSR count). The highest BCUT2D eigenvalue weighted by Crippen LogP contribution is 2.55. The van der Waals surface area contributed by atoms with Gasteiger partial charge in [0.05, 0.1) is 0 Å². The molecule has 0 radical (unpaired) electrons. The predicted octanol–water partition coefficient (Wildman–Crippen LogP) is 34.4. The van der Waals surface area contributed by atoms with Crippen LogP contribution < -0.4 is 0 Å². The minimum absolute atomic E-state index is 0.694. The van der Waals surface area contributed by atoms with Crippen molar-refractivity contribution < 1.29 is 0 Å². The van der Waals surface area contributed by atoms with Crippen LogP contribution in [0.2, 0.25) is 0 Å². The SMILES string of the molecule is CCCCCCCCSc1cc2c(c(SCCCCCCCC)c1SCCCCCCCC)-c1nc-2nc2c3ccccc3c(nc3nc(nc4[nH]c(n1)c1c(SCCCCCCCC)c(SCCCCCCCC)c(SCCCCCCCC)c(SCCCCCCCC)c41)-c1ccccc1-3)n2SCCCCCCCC. The molecule has 0 amide bonds. The maximum atomic E-state index is 6.36. The molecule has 0 unspecified atom stereocenters. The molecule has 8 bridgehead atoms. The standard InChI is InChI=1S/C96H146N8S8/c1-9-17-25-33-41-53-65-105-79-73-78-80(84(107-67-55-43-35-27-19-11-3)83(79)106-66-54-42-34-26-18-10-2)92-99-91(78)103-96-77-64-52-51-63-76(77)95(104(96)112-72-60-48-40-32-24-16-8)102-90-75-62-50-49-61-74(75)89(97-90)98-93-81-82(94(100-92)101-93)86(109-69-57-45-37-29-21-13-5)88(111-71-59-47-39-31-23-15-7)87(110-70-58-46-38-30-22-14-6)85(81)108-68-56-44-36-28-20-12-4/h49-52,61-64,73H,9-48,53-60,65-72H2,1-8H3,(H,97,98,99,100,101,102,103). The van der Waals surface area contributed by atoms with Crippen molar-refractivity contribution in [3.63, 3.8) is 0 Å². The predicted molar refractivity (Wildman–Crippen MR) is 510 cm³/mol. The number of unbranched alkanes of at least 4 members (excludes halogenated alkanes) is 40. The molecular formula is C96H146N8S8. The van der Waals surface area contributed by atoms with Crippen molar-refractivity contribution in [2.24, 2.45) is 0 Å². The monoisotopic (exact) mass is 1670 g/mol. The molecule has 0 aliphatic carbocycles. The van der Waals surface area contributed by atoms with Gasteiger partial charge >= 0.3 is 0 Å². The molecule has 0 fully saturated rings. The van der Waals surface area contributed by atoms with Crippen LogP contribution in [0.15, 0.2) is 88.9 Å². The van der Waals surface area contributed by atoms with Gasteiger partial charge in [-0.05, 0) is 110 Å². The Morgan fingerprint density at radius 1 is 0.259 bits per heavy atom. The first-order valence-corrected chi connectivity index (χ1v) is 53.8. The Balaban J connectivity index is 1.43. The zero-order valence-corrected chi connectivity index (χ0v) is 77.7. The summed E-state index contributed by atoms with van der Waals surface area (Å²) < 4.78 is 2.38. The van der Waals surface area contributed by atoms with Crippen molar-refractivity contribution >= 4 is 138 Å². The minimum Gasteiger partial charge on any atom is -0.324 e. The Kier molecular flexibility index (Phi) is 46.2. The second kappa shape index (κ2) is 55.7. The summed E-state index contributed by atoms with van der Waals surface area (Å²) in [7, 11) is 0. The van der Waals surface area contributed by atoms with E-state index in [1.165, 1.54) is 347 Å². The van der Waals surface area contributed by atoms with Crippen LogP contribution in [-0.2, 0) is 0 Å². The van der Waals surface area contributed by atoms with E-state index in [-0.39, 0.29) is 0 Å². The Hall–Kier alpha value is -2.96. The molecule has 8 nitrogen and oxygen atoms in total. The van der Waals surface area contributed by atoms with E-state index in [2.05, 4.69) is 201 Å². The van der Waals surface area contributed by atoms with Crippen LogP contribution in [0.4, 0.5) is 0 Å². The van der Waals surface area contributed by atoms with Gasteiger partial charge in [-0.3, -0.25) is 3.97 Å². The van der Waals surface area contributed by atoms with E-state index in [0.717, 1.165) is 120 Å². The van der Waals surface area contributed by atoms with Gasteiger partial charge < -0.3 is 4.98 Å². The van der Waals surface area contributed by atoms with E-state index < -0.39 is 0 Å². The van der Waals surface area contributed by atoms with E-state index in [1.807, 2.05) is 11.9 Å². The van der Waals surface area contributed by atoms with Crippen molar-refractivity contribution in [2.75, 3.05) is 46.0 Å². The molecule has 0 saturated heterocycles. The van der Waals surface area contributed by atoms with Crippen molar-refractivity contribution in [2.45, 2.75) is 398 Å². The summed E-state index contributed by atoms with van der Waals surface area (Å²) in [4.78, 5) is 50.4. The second-order valence-electron chi connectivity index (χ2n) is 31.8. The first kappa shape index (κ1) is 92.9. The Morgan fingerprint density at radius 2 is 0.545 bits per heavy atom. The van der Waals surface area contributed by atoms with Gasteiger partial charge in [0, 0.05) is 83.8 Å². The fraction of sp³-hybridized carbons (Fsp3) is 0.667. The van der Waals surface area contributed by atoms with Crippen LogP contribution in [0.3, 0.4) is 0 Å². The highest BCUT2D eigenvalue weighted by atomic mass is 32.2. The van der Waals surface area contributed by atoms with E-state index in [4.69, 9.17) is 29.9 Å². The molecule has 3 aromatic heterocycles. The number of thioether (sulfide) groups is 7. The highest BCUT2D eigenvalue weighted by Gasteiger charge is 2.32. The summed E-state index contributed by atoms with van der Waals surface area (Å²) in [6.45, 7) is 18.7. The number of H-pyrrole nitrogens is 1. The average molecular weight is 1670 g/mol. The summed E-state index contributed by atoms with van der Waals surface area (Å²) in [5, 5.41) is 4.57. The quantitative estimate of drug-likeness (QED) is 0.0289. The molecule has 618 valence electrons. The topological polar surface area (TPSA) is 98.1 Å². The lowest BCUT2D eigenvalue weighted by atomic mass is 10.1. The lowest BCUT2D eigenvalue weighted by molar-refractivity contribution is 0.626. The van der Waals surface area contributed by atoms with Crippen LogP contribution in [0.1, 0.15) is 364 Å². The fourth-order valence-electron chi connectivity index (χ4n) is 15.5. The molecule has 0 saturated carbocycles. The molecule has 0 spiro atoms. The number of rotatable bonds is 64. The zero-order chi connectivity index (χ0) is 78.4. The van der Waals surface area contributed by atoms with Crippen LogP contribution in [0.5, 0.6) is 0 Å². The van der Waals surface area contributed by atoms with Gasteiger partial charge in [0.15, 0.2) is 34.6 Å². The molecule has 16 heteroatoms. The lowest BCUT2D eigenvalue weighted by Gasteiger charge is -2.20. The molecule has 112 heavy (non-hydrogen) atoms. The number of benzene rings is 4. The Morgan fingerprint density at radius 3 is 0.929 bits per heavy atom. The van der Waals surface area contributed by atoms with Gasteiger partial charge in [-0.2, -0.15) is 0 Å². The van der Waals surface area contributed by atoms with Crippen LogP contribution >= 0.6 is 94.3 Å². The molecule has 2 aliphatic heterocycles. The third-order valence-electron chi connectivity index (χ3n) is 22.1. The normalized spacial score (nSPS) is 12.1. The van der Waals surface area contributed by atoms with Crippen molar-refractivity contribution in [3.8, 4) is 45.6 Å². The third-order valence-corrected chi connectivity index (χ3v) is 32.1. The van der Waals surface area contributed by atoms with E-state index in [9.17, 15) is 0 Å². The molecule has 5 heterocycles. The summed E-state index contributed by atoms with van der Waals surface area (Å²) in [6.07, 6.45) is 61.2. The summed E-state index contributed by atoms with van der Waals surface area (Å²) >= 11 is 16.8. The number of hydrogen-bond acceptors (Lipinski definition) is 14. The summed E-state index contributed by atoms with van der Waals surface area (Å²) in [6, 6.07) is 20.3. The van der Waals surface area contributed by atoms with Gasteiger partial charge in [-0.25, -0.2) is 29.9 Å². The number of nitrogens with one attached hydrogen (secondary N) is 1. The second-order valence-corrected chi connectivity index (χ2v) is 40.6. The summed E-state index contributed by atoms with van der Waals surface area (Å²) in [5.41, 5.74) is 7.78. The van der Waals surface area contributed by atoms with Gasteiger partial charge in [-0.1, -0.05) is 361 Å². The largest absolute Gasteiger partial charge is 0.324 e. The first-order valence-electron chi connectivity index (χ1n) is 45.9. The van der Waals surface area contributed by atoms with Crippen LogP contribution in [0.25, 0.3) is 89.7 Å². The molecule has 0 atom stereocenters. The third kappa shape index (κ3) is 29.2. The molecule has 4 aromatic carbocycles. The Labute approximate surface area is 715 Å². The number of aromatic amines is 1. The number of fused-ring (bicyclic) bond motifs is 20. The maximum Gasteiger partial charge on any atom is 0.165 e. The van der Waals surface area contributed by atoms with Crippen LogP contribution in [0, 0.1) is 0 Å². The first-order chi connectivity index (χ1) is 55.4. The highest BCUT2D eigenvalue weighted by molar-refractivity contribution is 8.05. The van der Waals surface area contributed by atoms with E-state index in [0.29, 0.717) is 11.6 Å².